The van der Waals surface area contributed by atoms with Crippen molar-refractivity contribution < 1.29 is 12.8 Å². The Morgan fingerprint density at radius 3 is 2.62 bits per heavy atom. The predicted molar refractivity (Wildman–Crippen MR) is 77.6 cm³/mol. The average molecular weight is 305 g/mol. The fourth-order valence-corrected chi connectivity index (χ4v) is 3.10. The Hall–Kier alpha value is -2.59. The smallest absolute Gasteiger partial charge is 0.266 e. The summed E-state index contributed by atoms with van der Waals surface area (Å²) >= 11 is 0. The molecule has 2 rings (SSSR count). The van der Waals surface area contributed by atoms with Crippen LogP contribution in [0.2, 0.25) is 0 Å². The van der Waals surface area contributed by atoms with E-state index >= 15 is 0 Å². The second-order valence-corrected chi connectivity index (χ2v) is 6.25. The fraction of sp³-hybridized carbons (Fsp3) is 0.0714. The van der Waals surface area contributed by atoms with Crippen molar-refractivity contribution in [3.8, 4) is 6.07 Å². The van der Waals surface area contributed by atoms with Gasteiger partial charge in [-0.3, -0.25) is 4.31 Å². The molecule has 0 saturated carbocycles. The monoisotopic (exact) mass is 305 g/mol. The minimum absolute atomic E-state index is 0.0420. The third-order valence-corrected chi connectivity index (χ3v) is 4.79. The second kappa shape index (κ2) is 5.42. The van der Waals surface area contributed by atoms with Crippen LogP contribution in [0.1, 0.15) is 5.56 Å². The van der Waals surface area contributed by atoms with Crippen LogP contribution in [0.25, 0.3) is 0 Å². The van der Waals surface area contributed by atoms with Gasteiger partial charge in [-0.1, -0.05) is 6.07 Å². The minimum atomic E-state index is -4.01. The first kappa shape index (κ1) is 14.8. The Kier molecular flexibility index (Phi) is 3.82. The van der Waals surface area contributed by atoms with Gasteiger partial charge in [-0.2, -0.15) is 5.26 Å². The van der Waals surface area contributed by atoms with Gasteiger partial charge >= 0.3 is 0 Å². The zero-order valence-corrected chi connectivity index (χ0v) is 11.9. The maximum atomic E-state index is 13.3. The lowest BCUT2D eigenvalue weighted by Gasteiger charge is -2.20. The number of halogens is 1. The lowest BCUT2D eigenvalue weighted by atomic mass is 10.2. The minimum Gasteiger partial charge on any atom is -0.398 e. The van der Waals surface area contributed by atoms with Crippen LogP contribution in [0.4, 0.5) is 15.8 Å². The SMILES string of the molecule is CN(c1cccc(C#N)c1)S(=O)(=O)c1cc(F)ccc1N. The molecule has 0 fully saturated rings. The standard InChI is InChI=1S/C14H12FN3O2S/c1-18(12-4-2-3-10(7-12)9-16)21(19,20)14-8-11(15)5-6-13(14)17/h2-8H,17H2,1H3. The van der Waals surface area contributed by atoms with E-state index in [2.05, 4.69) is 0 Å². The Balaban J connectivity index is 2.53. The largest absolute Gasteiger partial charge is 0.398 e. The van der Waals surface area contributed by atoms with Crippen LogP contribution in [-0.2, 0) is 10.0 Å². The average Bonchev–Trinajstić information content (AvgIpc) is 2.48. The summed E-state index contributed by atoms with van der Waals surface area (Å²) < 4.78 is 39.2. The molecule has 7 heteroatoms. The van der Waals surface area contributed by atoms with Crippen LogP contribution in [0, 0.1) is 17.1 Å². The van der Waals surface area contributed by atoms with Crippen molar-refractivity contribution in [2.24, 2.45) is 0 Å². The van der Waals surface area contributed by atoms with Gasteiger partial charge in [-0.15, -0.1) is 0 Å². The highest BCUT2D eigenvalue weighted by molar-refractivity contribution is 7.93. The first-order valence-corrected chi connectivity index (χ1v) is 7.34. The summed E-state index contributed by atoms with van der Waals surface area (Å²) in [6, 6.07) is 11.2. The van der Waals surface area contributed by atoms with Crippen molar-refractivity contribution in [1.29, 1.82) is 5.26 Å². The molecule has 2 aromatic carbocycles. The van der Waals surface area contributed by atoms with Crippen molar-refractivity contribution in [2.45, 2.75) is 4.90 Å². The molecule has 0 aliphatic heterocycles. The van der Waals surface area contributed by atoms with Crippen molar-refractivity contribution in [3.63, 3.8) is 0 Å². The number of nitrogens with zero attached hydrogens (tertiary/aromatic N) is 2. The maximum Gasteiger partial charge on any atom is 0.266 e. The summed E-state index contributed by atoms with van der Waals surface area (Å²) in [5.41, 5.74) is 6.19. The molecule has 2 aromatic rings. The van der Waals surface area contributed by atoms with E-state index in [0.717, 1.165) is 16.4 Å². The Morgan fingerprint density at radius 1 is 1.24 bits per heavy atom. The molecule has 0 aliphatic rings. The first-order valence-electron chi connectivity index (χ1n) is 5.90. The van der Waals surface area contributed by atoms with Gasteiger partial charge in [-0.25, -0.2) is 12.8 Å². The van der Waals surface area contributed by atoms with Crippen molar-refractivity contribution in [2.75, 3.05) is 17.1 Å². The molecule has 0 aliphatic carbocycles. The van der Waals surface area contributed by atoms with Crippen LogP contribution in [-0.4, -0.2) is 15.5 Å². The van der Waals surface area contributed by atoms with Crippen LogP contribution in [0.3, 0.4) is 0 Å². The molecule has 0 saturated heterocycles. The molecule has 0 aromatic heterocycles. The summed E-state index contributed by atoms with van der Waals surface area (Å²) in [5, 5.41) is 8.86. The molecule has 0 unspecified atom stereocenters. The van der Waals surface area contributed by atoms with E-state index in [9.17, 15) is 12.8 Å². The Bertz CT molecular complexity index is 828. The number of rotatable bonds is 3. The van der Waals surface area contributed by atoms with Gasteiger partial charge in [-0.05, 0) is 36.4 Å². The number of hydrogen-bond acceptors (Lipinski definition) is 4. The van der Waals surface area contributed by atoms with Crippen LogP contribution >= 0.6 is 0 Å². The highest BCUT2D eigenvalue weighted by Crippen LogP contribution is 2.26. The molecule has 0 heterocycles. The maximum absolute atomic E-state index is 13.3. The number of anilines is 2. The van der Waals surface area contributed by atoms with Crippen molar-refractivity contribution >= 4 is 21.4 Å². The van der Waals surface area contributed by atoms with E-state index in [1.165, 1.54) is 25.2 Å². The number of nitrogen functional groups attached to an aromatic ring is 1. The summed E-state index contributed by atoms with van der Waals surface area (Å²) in [6.07, 6.45) is 0. The van der Waals surface area contributed by atoms with Crippen LogP contribution in [0.5, 0.6) is 0 Å². The zero-order valence-electron chi connectivity index (χ0n) is 11.1. The van der Waals surface area contributed by atoms with Gasteiger partial charge in [0.15, 0.2) is 0 Å². The van der Waals surface area contributed by atoms with E-state index in [-0.39, 0.29) is 16.3 Å². The molecular formula is C14H12FN3O2S. The van der Waals surface area contributed by atoms with Crippen molar-refractivity contribution in [1.82, 2.24) is 0 Å². The molecule has 0 amide bonds. The van der Waals surface area contributed by atoms with Gasteiger partial charge in [0, 0.05) is 7.05 Å². The molecule has 21 heavy (non-hydrogen) atoms. The molecule has 0 atom stereocenters. The summed E-state index contributed by atoms with van der Waals surface area (Å²) in [7, 11) is -2.70. The Labute approximate surface area is 122 Å². The van der Waals surface area contributed by atoms with Gasteiger partial charge in [0.05, 0.1) is 23.0 Å². The van der Waals surface area contributed by atoms with E-state index < -0.39 is 15.8 Å². The molecule has 5 nitrogen and oxygen atoms in total. The molecule has 0 radical (unpaired) electrons. The fourth-order valence-electron chi connectivity index (χ4n) is 1.79. The lowest BCUT2D eigenvalue weighted by molar-refractivity contribution is 0.590. The van der Waals surface area contributed by atoms with Gasteiger partial charge in [0.25, 0.3) is 10.0 Å². The lowest BCUT2D eigenvalue weighted by Crippen LogP contribution is -2.27. The number of nitriles is 1. The van der Waals surface area contributed by atoms with Crippen LogP contribution < -0.4 is 10.0 Å². The van der Waals surface area contributed by atoms with Gasteiger partial charge in [0.1, 0.15) is 10.7 Å². The van der Waals surface area contributed by atoms with Crippen molar-refractivity contribution in [3.05, 3.63) is 53.8 Å². The zero-order chi connectivity index (χ0) is 15.6. The highest BCUT2D eigenvalue weighted by atomic mass is 32.2. The summed E-state index contributed by atoms with van der Waals surface area (Å²) in [6.45, 7) is 0. The van der Waals surface area contributed by atoms with E-state index in [1.807, 2.05) is 6.07 Å². The summed E-state index contributed by atoms with van der Waals surface area (Å²) in [5.74, 6) is -0.693. The van der Waals surface area contributed by atoms with Gasteiger partial charge < -0.3 is 5.73 Å². The number of nitrogens with two attached hydrogens (primary N) is 1. The third-order valence-electron chi connectivity index (χ3n) is 2.95. The van der Waals surface area contributed by atoms with Gasteiger partial charge in [0.2, 0.25) is 0 Å². The topological polar surface area (TPSA) is 87.2 Å². The number of benzene rings is 2. The summed E-state index contributed by atoms with van der Waals surface area (Å²) in [4.78, 5) is -0.313. The predicted octanol–water partition coefficient (Wildman–Crippen LogP) is 2.10. The van der Waals surface area contributed by atoms with E-state index in [0.29, 0.717) is 5.56 Å². The normalized spacial score (nSPS) is 10.9. The van der Waals surface area contributed by atoms with Crippen LogP contribution in [0.15, 0.2) is 47.4 Å². The molecule has 0 bridgehead atoms. The highest BCUT2D eigenvalue weighted by Gasteiger charge is 2.24. The molecular weight excluding hydrogens is 293 g/mol. The molecule has 108 valence electrons. The number of sulfonamides is 1. The number of hydrogen-bond donors (Lipinski definition) is 1. The van der Waals surface area contributed by atoms with E-state index in [1.54, 1.807) is 12.1 Å². The second-order valence-electron chi connectivity index (χ2n) is 4.32. The third kappa shape index (κ3) is 2.80. The Morgan fingerprint density at radius 2 is 1.95 bits per heavy atom. The molecule has 2 N–H and O–H groups in total. The molecule has 0 spiro atoms. The van der Waals surface area contributed by atoms with E-state index in [4.69, 9.17) is 11.0 Å². The quantitative estimate of drug-likeness (QED) is 0.880. The first-order chi connectivity index (χ1) is 9.86.